The number of aromatic nitrogens is 4. The van der Waals surface area contributed by atoms with Gasteiger partial charge in [0.2, 0.25) is 5.91 Å². The molecule has 2 aromatic carbocycles. The minimum absolute atomic E-state index is 0.0185. The lowest BCUT2D eigenvalue weighted by Crippen LogP contribution is -2.42. The van der Waals surface area contributed by atoms with Crippen LogP contribution in [0.4, 0.5) is 5.69 Å². The number of nitrogens with one attached hydrogen (secondary N) is 1. The average molecular weight is 461 g/mol. The summed E-state index contributed by atoms with van der Waals surface area (Å²) in [7, 11) is 3.00. The van der Waals surface area contributed by atoms with E-state index in [1.165, 1.54) is 26.6 Å². The SMILES string of the molecule is COc1ccc(NC(=O)Cn2c(=O)n(CCc3ccccc3)c(=O)c3nccnc32)c(OC)c1. The molecule has 1 N–H and O–H groups in total. The maximum absolute atomic E-state index is 13.3. The lowest BCUT2D eigenvalue weighted by atomic mass is 10.1. The molecule has 0 spiro atoms. The fourth-order valence-corrected chi connectivity index (χ4v) is 3.59. The number of aryl methyl sites for hydroxylation is 1. The number of benzene rings is 2. The second kappa shape index (κ2) is 9.99. The zero-order chi connectivity index (χ0) is 24.1. The number of nitrogens with zero attached hydrogens (tertiary/aromatic N) is 4. The van der Waals surface area contributed by atoms with Gasteiger partial charge in [0.15, 0.2) is 11.2 Å². The second-order valence-corrected chi connectivity index (χ2v) is 7.40. The maximum Gasteiger partial charge on any atom is 0.333 e. The van der Waals surface area contributed by atoms with Crippen molar-refractivity contribution >= 4 is 22.8 Å². The smallest absolute Gasteiger partial charge is 0.333 e. The fourth-order valence-electron chi connectivity index (χ4n) is 3.59. The summed E-state index contributed by atoms with van der Waals surface area (Å²) in [6.07, 6.45) is 3.22. The van der Waals surface area contributed by atoms with Crippen molar-refractivity contribution in [3.63, 3.8) is 0 Å². The van der Waals surface area contributed by atoms with Gasteiger partial charge in [-0.05, 0) is 24.1 Å². The molecule has 0 saturated heterocycles. The number of methoxy groups -OCH3 is 2. The number of anilines is 1. The van der Waals surface area contributed by atoms with E-state index in [1.54, 1.807) is 18.2 Å². The molecule has 0 radical (unpaired) electrons. The number of carbonyl (C=O) groups excluding carboxylic acids is 1. The minimum atomic E-state index is -0.634. The molecule has 0 saturated carbocycles. The summed E-state index contributed by atoms with van der Waals surface area (Å²) < 4.78 is 12.7. The Hall–Kier alpha value is -4.47. The first-order chi connectivity index (χ1) is 16.5. The Morgan fingerprint density at radius 1 is 0.971 bits per heavy atom. The first kappa shape index (κ1) is 22.7. The topological polar surface area (TPSA) is 117 Å². The van der Waals surface area contributed by atoms with E-state index < -0.39 is 17.2 Å². The number of rotatable bonds is 8. The van der Waals surface area contributed by atoms with E-state index in [-0.39, 0.29) is 24.3 Å². The quantitative estimate of drug-likeness (QED) is 0.426. The molecule has 4 rings (SSSR count). The van der Waals surface area contributed by atoms with Gasteiger partial charge in [0.1, 0.15) is 18.0 Å². The standard InChI is InChI=1S/C24H23N5O5/c1-33-17-8-9-18(19(14-17)34-2)27-20(30)15-29-22-21(25-11-12-26-22)23(31)28(24(29)32)13-10-16-6-4-3-5-7-16/h3-9,11-12,14H,10,13,15H2,1-2H3,(H,27,30). The summed E-state index contributed by atoms with van der Waals surface area (Å²) in [5, 5.41) is 2.73. The summed E-state index contributed by atoms with van der Waals surface area (Å²) in [6, 6.07) is 14.4. The van der Waals surface area contributed by atoms with Gasteiger partial charge in [0.05, 0.1) is 19.9 Å². The molecule has 1 amide bonds. The average Bonchev–Trinajstić information content (AvgIpc) is 2.87. The van der Waals surface area contributed by atoms with Crippen molar-refractivity contribution in [2.45, 2.75) is 19.5 Å². The van der Waals surface area contributed by atoms with Crippen LogP contribution in [0.5, 0.6) is 11.5 Å². The number of carbonyl (C=O) groups is 1. The molecule has 2 aromatic heterocycles. The highest BCUT2D eigenvalue weighted by Crippen LogP contribution is 2.29. The van der Waals surface area contributed by atoms with Gasteiger partial charge >= 0.3 is 5.69 Å². The van der Waals surface area contributed by atoms with Crippen LogP contribution >= 0.6 is 0 Å². The molecule has 4 aromatic rings. The molecule has 0 atom stereocenters. The van der Waals surface area contributed by atoms with E-state index in [9.17, 15) is 14.4 Å². The van der Waals surface area contributed by atoms with Crippen LogP contribution < -0.4 is 26.0 Å². The van der Waals surface area contributed by atoms with Crippen LogP contribution in [0.15, 0.2) is 70.5 Å². The lowest BCUT2D eigenvalue weighted by molar-refractivity contribution is -0.116. The van der Waals surface area contributed by atoms with E-state index >= 15 is 0 Å². The molecule has 174 valence electrons. The van der Waals surface area contributed by atoms with Gasteiger partial charge in [0.25, 0.3) is 5.56 Å². The normalized spacial score (nSPS) is 10.8. The Morgan fingerprint density at radius 3 is 2.47 bits per heavy atom. The van der Waals surface area contributed by atoms with Gasteiger partial charge < -0.3 is 14.8 Å². The monoisotopic (exact) mass is 461 g/mol. The zero-order valence-corrected chi connectivity index (χ0v) is 18.7. The third kappa shape index (κ3) is 4.65. The highest BCUT2D eigenvalue weighted by molar-refractivity contribution is 5.92. The summed E-state index contributed by atoms with van der Waals surface area (Å²) in [5.41, 5.74) is 0.275. The molecule has 0 unspecified atom stereocenters. The van der Waals surface area contributed by atoms with Gasteiger partial charge in [-0.25, -0.2) is 14.8 Å². The highest BCUT2D eigenvalue weighted by atomic mass is 16.5. The van der Waals surface area contributed by atoms with Crippen LogP contribution in [0.1, 0.15) is 5.56 Å². The molecule has 0 aliphatic heterocycles. The molecule has 0 bridgehead atoms. The first-order valence-corrected chi connectivity index (χ1v) is 10.5. The van der Waals surface area contributed by atoms with Crippen molar-refractivity contribution in [2.75, 3.05) is 19.5 Å². The number of amides is 1. The minimum Gasteiger partial charge on any atom is -0.497 e. The third-order valence-corrected chi connectivity index (χ3v) is 5.30. The Balaban J connectivity index is 1.67. The molecule has 0 aliphatic carbocycles. The van der Waals surface area contributed by atoms with Crippen LogP contribution in [0, 0.1) is 0 Å². The maximum atomic E-state index is 13.3. The lowest BCUT2D eigenvalue weighted by Gasteiger charge is -2.14. The summed E-state index contributed by atoms with van der Waals surface area (Å²) in [4.78, 5) is 47.4. The van der Waals surface area contributed by atoms with Crippen molar-refractivity contribution in [3.05, 3.63) is 87.3 Å². The van der Waals surface area contributed by atoms with Gasteiger partial charge in [-0.15, -0.1) is 0 Å². The van der Waals surface area contributed by atoms with Gasteiger partial charge in [-0.2, -0.15) is 0 Å². The Morgan fingerprint density at radius 2 is 1.74 bits per heavy atom. The van der Waals surface area contributed by atoms with Gasteiger partial charge in [-0.3, -0.25) is 18.7 Å². The van der Waals surface area contributed by atoms with Crippen LogP contribution in [-0.4, -0.2) is 39.2 Å². The molecule has 34 heavy (non-hydrogen) atoms. The molecular weight excluding hydrogens is 438 g/mol. The van der Waals surface area contributed by atoms with Gasteiger partial charge in [-0.1, -0.05) is 30.3 Å². The zero-order valence-electron chi connectivity index (χ0n) is 18.7. The molecule has 10 nitrogen and oxygen atoms in total. The number of ether oxygens (including phenoxy) is 2. The second-order valence-electron chi connectivity index (χ2n) is 7.40. The molecule has 2 heterocycles. The Kier molecular flexibility index (Phi) is 6.67. The number of hydrogen-bond acceptors (Lipinski definition) is 7. The molecule has 0 aliphatic rings. The third-order valence-electron chi connectivity index (χ3n) is 5.30. The van der Waals surface area contributed by atoms with Gasteiger partial charge in [0, 0.05) is 25.0 Å². The van der Waals surface area contributed by atoms with E-state index in [2.05, 4.69) is 15.3 Å². The number of fused-ring (bicyclic) bond motifs is 1. The first-order valence-electron chi connectivity index (χ1n) is 10.5. The Labute approximate surface area is 194 Å². The fraction of sp³-hybridized carbons (Fsp3) is 0.208. The van der Waals surface area contributed by atoms with Crippen LogP contribution in [0.25, 0.3) is 11.2 Å². The summed E-state index contributed by atoms with van der Waals surface area (Å²) >= 11 is 0. The van der Waals surface area contributed by atoms with Crippen LogP contribution in [0.2, 0.25) is 0 Å². The van der Waals surface area contributed by atoms with Crippen molar-refractivity contribution in [1.82, 2.24) is 19.1 Å². The largest absolute Gasteiger partial charge is 0.497 e. The van der Waals surface area contributed by atoms with Crippen molar-refractivity contribution in [1.29, 1.82) is 0 Å². The predicted molar refractivity (Wildman–Crippen MR) is 126 cm³/mol. The van der Waals surface area contributed by atoms with Crippen LogP contribution in [0.3, 0.4) is 0 Å². The van der Waals surface area contributed by atoms with Crippen molar-refractivity contribution in [3.8, 4) is 11.5 Å². The molecule has 0 fully saturated rings. The van der Waals surface area contributed by atoms with Crippen molar-refractivity contribution < 1.29 is 14.3 Å². The summed E-state index contributed by atoms with van der Waals surface area (Å²) in [6.45, 7) is -0.225. The summed E-state index contributed by atoms with van der Waals surface area (Å²) in [5.74, 6) is 0.473. The van der Waals surface area contributed by atoms with E-state index in [0.29, 0.717) is 23.6 Å². The molecular formula is C24H23N5O5. The Bertz CT molecular complexity index is 1450. The van der Waals surface area contributed by atoms with E-state index in [0.717, 1.165) is 14.7 Å². The predicted octanol–water partition coefficient (Wildman–Crippen LogP) is 1.85. The van der Waals surface area contributed by atoms with E-state index in [4.69, 9.17) is 9.47 Å². The van der Waals surface area contributed by atoms with Crippen LogP contribution in [-0.2, 0) is 24.3 Å². The molecule has 10 heteroatoms. The van der Waals surface area contributed by atoms with Crippen molar-refractivity contribution in [2.24, 2.45) is 0 Å². The number of hydrogen-bond donors (Lipinski definition) is 1. The van der Waals surface area contributed by atoms with E-state index in [1.807, 2.05) is 30.3 Å². The highest BCUT2D eigenvalue weighted by Gasteiger charge is 2.18.